The maximum atomic E-state index is 13.5. The molecule has 332 valence electrons. The van der Waals surface area contributed by atoms with Crippen molar-refractivity contribution in [1.29, 1.82) is 0 Å². The van der Waals surface area contributed by atoms with Crippen LogP contribution < -0.4 is 26.6 Å². The van der Waals surface area contributed by atoms with Crippen LogP contribution in [0.5, 0.6) is 0 Å². The van der Waals surface area contributed by atoms with Crippen molar-refractivity contribution in [3.05, 3.63) is 107 Å². The molecule has 0 spiro atoms. The van der Waals surface area contributed by atoms with Gasteiger partial charge in [-0.2, -0.15) is 0 Å². The number of thiazole rings is 1. The number of pyridine rings is 1. The lowest BCUT2D eigenvalue weighted by atomic mass is 9.96. The Labute approximate surface area is 373 Å². The third-order valence-electron chi connectivity index (χ3n) is 11.6. The van der Waals surface area contributed by atoms with E-state index in [9.17, 15) is 37.2 Å². The highest BCUT2D eigenvalue weighted by molar-refractivity contribution is 7.89. The van der Waals surface area contributed by atoms with E-state index < -0.39 is 39.2 Å². The number of nitrogens with zero attached hydrogens (tertiary/aromatic N) is 4. The zero-order valence-electron chi connectivity index (χ0n) is 35.0. The molecule has 2 fully saturated rings. The maximum absolute atomic E-state index is 13.5. The third kappa shape index (κ3) is 9.89. The van der Waals surface area contributed by atoms with Crippen molar-refractivity contribution in [2.24, 2.45) is 0 Å². The Morgan fingerprint density at radius 1 is 0.922 bits per heavy atom. The number of hydrogen-bond acceptors (Lipinski definition) is 12. The van der Waals surface area contributed by atoms with Crippen molar-refractivity contribution >= 4 is 67.6 Å². The van der Waals surface area contributed by atoms with Gasteiger partial charge in [0.25, 0.3) is 11.8 Å². The Morgan fingerprint density at radius 3 is 2.47 bits per heavy atom. The minimum absolute atomic E-state index is 0.0125. The predicted molar refractivity (Wildman–Crippen MR) is 240 cm³/mol. The average Bonchev–Trinajstić information content (AvgIpc) is 3.54. The van der Waals surface area contributed by atoms with E-state index in [4.69, 9.17) is 0 Å². The number of hydrogen-bond donors (Lipinski definition) is 5. The van der Waals surface area contributed by atoms with Crippen molar-refractivity contribution in [3.63, 3.8) is 0 Å². The molecular weight excluding hydrogens is 859 g/mol. The summed E-state index contributed by atoms with van der Waals surface area (Å²) in [5.74, 6) is -2.01. The average molecular weight is 906 g/mol. The second kappa shape index (κ2) is 18.5. The summed E-state index contributed by atoms with van der Waals surface area (Å²) in [6, 6.07) is 18.0. The van der Waals surface area contributed by atoms with Gasteiger partial charge in [-0.3, -0.25) is 43.0 Å². The summed E-state index contributed by atoms with van der Waals surface area (Å²) < 4.78 is 24.3. The smallest absolute Gasteiger partial charge is 0.255 e. The number of imide groups is 1. The number of nitrogens with one attached hydrogen (secondary N) is 5. The number of aromatic nitrogens is 3. The summed E-state index contributed by atoms with van der Waals surface area (Å²) in [5, 5.41) is 16.3. The molecule has 5 aromatic rings. The molecule has 6 amide bonds. The van der Waals surface area contributed by atoms with Gasteiger partial charge in [-0.25, -0.2) is 13.4 Å². The zero-order chi connectivity index (χ0) is 45.0. The van der Waals surface area contributed by atoms with Crippen LogP contribution in [0.25, 0.3) is 22.4 Å². The van der Waals surface area contributed by atoms with Crippen LogP contribution in [0.1, 0.15) is 83.3 Å². The number of carbonyl (C=O) groups excluding carboxylic acids is 6. The molecule has 8 rings (SSSR count). The fourth-order valence-electron chi connectivity index (χ4n) is 7.95. The number of carbonyl (C=O) groups is 6. The molecule has 3 aliphatic rings. The predicted octanol–water partition coefficient (Wildman–Crippen LogP) is 4.43. The molecule has 1 saturated carbocycles. The second-order valence-corrected chi connectivity index (χ2v) is 19.0. The number of anilines is 2. The van der Waals surface area contributed by atoms with Gasteiger partial charge in [-0.15, -0.1) is 11.3 Å². The lowest BCUT2D eigenvalue weighted by Crippen LogP contribution is -2.52. The van der Waals surface area contributed by atoms with Crippen LogP contribution >= 0.6 is 11.3 Å². The van der Waals surface area contributed by atoms with Gasteiger partial charge in [-0.1, -0.05) is 31.0 Å². The normalized spacial score (nSPS) is 16.5. The molecule has 2 aromatic carbocycles. The number of fused-ring (bicyclic) bond motifs is 1. The number of benzene rings is 2. The Hall–Kier alpha value is -6.73. The van der Waals surface area contributed by atoms with E-state index >= 15 is 0 Å². The third-order valence-corrected chi connectivity index (χ3v) is 13.4. The summed E-state index contributed by atoms with van der Waals surface area (Å²) in [7, 11) is -3.54. The van der Waals surface area contributed by atoms with Crippen LogP contribution in [0.4, 0.5) is 10.8 Å². The van der Waals surface area contributed by atoms with Crippen LogP contribution in [0.3, 0.4) is 0 Å². The molecule has 3 aromatic heterocycles. The molecule has 19 heteroatoms. The fraction of sp³-hybridized carbons (Fsp3) is 0.333. The standard InChI is InChI=1S/C45H47N9O8S2/c1-64(61,62)53-20-14-31(25-53)40(57)49-24-39(56)52-44-50-35(27-63-44)30-8-6-7-28(21-30)29-13-19-47-37(23-29)45(15-16-45)43(60)48-18-5-3-2-4-17-46-33-9-10-34-32(22-33)26-54(42(34)59)36-11-12-38(55)51-41(36)58/h6-10,13-14,19-23,25,27,36,46H,2-5,11-12,15-18,24,26H2,1H3,(H,48,60)(H,49,57)(H,50,52,56)(H,51,55,58). The minimum atomic E-state index is -3.54. The zero-order valence-corrected chi connectivity index (χ0v) is 36.6. The summed E-state index contributed by atoms with van der Waals surface area (Å²) in [6.45, 7) is 1.33. The molecular formula is C45H47N9O8S2. The first-order chi connectivity index (χ1) is 30.8. The van der Waals surface area contributed by atoms with Crippen LogP contribution in [0, 0.1) is 0 Å². The van der Waals surface area contributed by atoms with Crippen molar-refractivity contribution in [2.45, 2.75) is 69.4 Å². The van der Waals surface area contributed by atoms with Crippen molar-refractivity contribution in [2.75, 3.05) is 36.5 Å². The molecule has 1 unspecified atom stereocenters. The van der Waals surface area contributed by atoms with Gasteiger partial charge in [-0.05, 0) is 91.3 Å². The second-order valence-electron chi connectivity index (χ2n) is 16.2. The topological polar surface area (TPSA) is 231 Å². The summed E-state index contributed by atoms with van der Waals surface area (Å²) >= 11 is 1.24. The molecule has 1 atom stereocenters. The van der Waals surface area contributed by atoms with Crippen LogP contribution in [0.2, 0.25) is 0 Å². The van der Waals surface area contributed by atoms with Gasteiger partial charge in [0.1, 0.15) is 6.04 Å². The highest BCUT2D eigenvalue weighted by Gasteiger charge is 2.52. The Bertz CT molecular complexity index is 2760. The van der Waals surface area contributed by atoms with Crippen molar-refractivity contribution in [3.8, 4) is 22.4 Å². The Balaban J connectivity index is 0.763. The van der Waals surface area contributed by atoms with E-state index in [2.05, 4.69) is 36.6 Å². The number of amides is 6. The molecule has 5 N–H and O–H groups in total. The van der Waals surface area contributed by atoms with E-state index in [0.717, 1.165) is 88.9 Å². The van der Waals surface area contributed by atoms with Gasteiger partial charge in [0.05, 0.1) is 35.2 Å². The van der Waals surface area contributed by atoms with E-state index in [1.807, 2.05) is 53.9 Å². The quantitative estimate of drug-likeness (QED) is 0.0610. The highest BCUT2D eigenvalue weighted by Crippen LogP contribution is 2.48. The minimum Gasteiger partial charge on any atom is -0.385 e. The summed E-state index contributed by atoms with van der Waals surface area (Å²) in [6.07, 6.45) is 10.9. The van der Waals surface area contributed by atoms with Gasteiger partial charge < -0.3 is 26.2 Å². The monoisotopic (exact) mass is 905 g/mol. The lowest BCUT2D eigenvalue weighted by Gasteiger charge is -2.29. The summed E-state index contributed by atoms with van der Waals surface area (Å²) in [4.78, 5) is 86.2. The van der Waals surface area contributed by atoms with Crippen LogP contribution in [0.15, 0.2) is 84.6 Å². The Kier molecular flexibility index (Phi) is 12.7. The molecule has 0 bridgehead atoms. The maximum Gasteiger partial charge on any atom is 0.255 e. The molecule has 2 aliphatic heterocycles. The van der Waals surface area contributed by atoms with Crippen molar-refractivity contribution < 1.29 is 37.2 Å². The van der Waals surface area contributed by atoms with Crippen LogP contribution in [-0.2, 0) is 41.2 Å². The molecule has 1 aliphatic carbocycles. The Morgan fingerprint density at radius 2 is 1.70 bits per heavy atom. The van der Waals surface area contributed by atoms with Gasteiger partial charge >= 0.3 is 0 Å². The van der Waals surface area contributed by atoms with Gasteiger partial charge in [0.2, 0.25) is 33.7 Å². The van der Waals surface area contributed by atoms with E-state index in [1.165, 1.54) is 29.8 Å². The highest BCUT2D eigenvalue weighted by atomic mass is 32.2. The molecule has 17 nitrogen and oxygen atoms in total. The van der Waals surface area contributed by atoms with Crippen molar-refractivity contribution in [1.82, 2.24) is 34.8 Å². The lowest BCUT2D eigenvalue weighted by molar-refractivity contribution is -0.137. The largest absolute Gasteiger partial charge is 0.385 e. The molecule has 64 heavy (non-hydrogen) atoms. The molecule has 5 heterocycles. The SMILES string of the molecule is CS(=O)(=O)n1ccc(C(=O)NCC(=O)Nc2nc(-c3cccc(-c4ccnc(C5(C(=O)NCCCCCCNc6ccc7c(c6)CN(C6CCC(=O)NC6=O)C7=O)CC5)c4)c3)cs2)c1. The van der Waals surface area contributed by atoms with E-state index in [1.54, 1.807) is 17.2 Å². The number of unbranched alkanes of at least 4 members (excludes halogenated alkanes) is 3. The van der Waals surface area contributed by atoms with E-state index in [0.29, 0.717) is 35.9 Å². The van der Waals surface area contributed by atoms with E-state index in [-0.39, 0.29) is 36.3 Å². The first-order valence-electron chi connectivity index (χ1n) is 21.1. The van der Waals surface area contributed by atoms with Gasteiger partial charge in [0, 0.05) is 66.8 Å². The first kappa shape index (κ1) is 43.9. The molecule has 0 radical (unpaired) electrons. The number of piperidine rings is 1. The summed E-state index contributed by atoms with van der Waals surface area (Å²) in [5.41, 5.74) is 5.85. The fourth-order valence-corrected chi connectivity index (χ4v) is 9.28. The molecule has 1 saturated heterocycles. The van der Waals surface area contributed by atoms with Gasteiger partial charge in [0.15, 0.2) is 5.13 Å². The van der Waals surface area contributed by atoms with Crippen LogP contribution in [-0.4, -0.2) is 94.6 Å². The number of rotatable bonds is 18. The first-order valence-corrected chi connectivity index (χ1v) is 23.8.